The van der Waals surface area contributed by atoms with E-state index in [1.807, 2.05) is 18.2 Å². The molecule has 2 unspecified atom stereocenters. The molecule has 5 nitrogen and oxygen atoms in total. The molecule has 2 rings (SSSR count). The minimum Gasteiger partial charge on any atom is -0.494 e. The van der Waals surface area contributed by atoms with E-state index in [4.69, 9.17) is 10.00 Å². The molecule has 0 radical (unpaired) electrons. The minimum atomic E-state index is 0.0407. The first-order chi connectivity index (χ1) is 13.1. The number of amides is 1. The molecule has 0 saturated heterocycles. The van der Waals surface area contributed by atoms with Crippen LogP contribution in [0, 0.1) is 23.2 Å². The number of thioether (sulfide) groups is 1. The van der Waals surface area contributed by atoms with Crippen molar-refractivity contribution in [3.63, 3.8) is 0 Å². The van der Waals surface area contributed by atoms with Crippen LogP contribution < -0.4 is 10.1 Å². The standard InChI is InChI=1S/C21H31N3O2S/c1-24(2)14-5-15-26-18-8-10-19(11-9-18)27-16-17-6-3-4-7-20(17)21(25)23-13-12-22/h8-11,17,20H,3-7,13-16H2,1-2H3,(H,23,25). The van der Waals surface area contributed by atoms with Crippen LogP contribution in [0.15, 0.2) is 29.2 Å². The van der Waals surface area contributed by atoms with Gasteiger partial charge >= 0.3 is 0 Å². The zero-order chi connectivity index (χ0) is 19.5. The molecule has 1 aliphatic rings. The van der Waals surface area contributed by atoms with Gasteiger partial charge in [0.1, 0.15) is 12.3 Å². The number of carbonyl (C=O) groups excluding carboxylic acids is 1. The van der Waals surface area contributed by atoms with Crippen molar-refractivity contribution in [2.45, 2.75) is 37.0 Å². The number of nitriles is 1. The van der Waals surface area contributed by atoms with Crippen LogP contribution in [-0.4, -0.2) is 50.4 Å². The Hall–Kier alpha value is -1.71. The third kappa shape index (κ3) is 7.82. The Balaban J connectivity index is 1.78. The summed E-state index contributed by atoms with van der Waals surface area (Å²) < 4.78 is 5.78. The molecule has 1 aromatic rings. The van der Waals surface area contributed by atoms with E-state index in [0.717, 1.165) is 50.3 Å². The molecule has 1 fully saturated rings. The topological polar surface area (TPSA) is 65.4 Å². The lowest BCUT2D eigenvalue weighted by Gasteiger charge is -2.30. The molecule has 1 aliphatic carbocycles. The SMILES string of the molecule is CN(C)CCCOc1ccc(SCC2CCCCC2C(=O)NCC#N)cc1. The van der Waals surface area contributed by atoms with E-state index in [1.54, 1.807) is 11.8 Å². The maximum atomic E-state index is 12.3. The highest BCUT2D eigenvalue weighted by Gasteiger charge is 2.30. The van der Waals surface area contributed by atoms with Crippen LogP contribution in [0.2, 0.25) is 0 Å². The van der Waals surface area contributed by atoms with Crippen LogP contribution >= 0.6 is 11.8 Å². The first kappa shape index (κ1) is 21.6. The monoisotopic (exact) mass is 389 g/mol. The maximum Gasteiger partial charge on any atom is 0.224 e. The summed E-state index contributed by atoms with van der Waals surface area (Å²) in [5, 5.41) is 11.4. The molecule has 0 spiro atoms. The predicted octanol–water partition coefficient (Wildman–Crippen LogP) is 3.56. The Kier molecular flexibility index (Phi) is 9.51. The quantitative estimate of drug-likeness (QED) is 0.377. The number of carbonyl (C=O) groups is 1. The molecule has 6 heteroatoms. The summed E-state index contributed by atoms with van der Waals surface area (Å²) in [5.41, 5.74) is 0. The van der Waals surface area contributed by atoms with Crippen molar-refractivity contribution in [3.05, 3.63) is 24.3 Å². The lowest BCUT2D eigenvalue weighted by molar-refractivity contribution is -0.127. The van der Waals surface area contributed by atoms with Crippen molar-refractivity contribution >= 4 is 17.7 Å². The molecular weight excluding hydrogens is 358 g/mol. The third-order valence-electron chi connectivity index (χ3n) is 4.89. The van der Waals surface area contributed by atoms with Crippen molar-refractivity contribution in [3.8, 4) is 11.8 Å². The molecule has 1 amide bonds. The maximum absolute atomic E-state index is 12.3. The molecule has 0 aliphatic heterocycles. The fourth-order valence-electron chi connectivity index (χ4n) is 3.42. The van der Waals surface area contributed by atoms with Gasteiger partial charge in [-0.05, 0) is 63.5 Å². The number of nitrogens with zero attached hydrogens (tertiary/aromatic N) is 2. The van der Waals surface area contributed by atoms with E-state index in [2.05, 4.69) is 36.4 Å². The molecule has 0 aromatic heterocycles. The lowest BCUT2D eigenvalue weighted by atomic mass is 9.80. The Morgan fingerprint density at radius 2 is 2.04 bits per heavy atom. The highest BCUT2D eigenvalue weighted by molar-refractivity contribution is 7.99. The highest BCUT2D eigenvalue weighted by atomic mass is 32.2. The molecule has 1 saturated carbocycles. The van der Waals surface area contributed by atoms with Gasteiger partial charge in [-0.2, -0.15) is 5.26 Å². The summed E-state index contributed by atoms with van der Waals surface area (Å²) in [7, 11) is 4.13. The van der Waals surface area contributed by atoms with E-state index in [0.29, 0.717) is 5.92 Å². The van der Waals surface area contributed by atoms with Crippen LogP contribution in [0.3, 0.4) is 0 Å². The number of hydrogen-bond donors (Lipinski definition) is 1. The lowest BCUT2D eigenvalue weighted by Crippen LogP contribution is -2.37. The van der Waals surface area contributed by atoms with E-state index >= 15 is 0 Å². The van der Waals surface area contributed by atoms with Gasteiger partial charge in [0.05, 0.1) is 12.7 Å². The first-order valence-corrected chi connectivity index (χ1v) is 10.7. The summed E-state index contributed by atoms with van der Waals surface area (Å²) in [6, 6.07) is 10.2. The Morgan fingerprint density at radius 3 is 2.74 bits per heavy atom. The molecule has 0 bridgehead atoms. The number of nitrogens with one attached hydrogen (secondary N) is 1. The van der Waals surface area contributed by atoms with Crippen LogP contribution in [0.5, 0.6) is 5.75 Å². The van der Waals surface area contributed by atoms with Gasteiger partial charge in [0, 0.05) is 23.1 Å². The molecule has 0 heterocycles. The van der Waals surface area contributed by atoms with Crippen molar-refractivity contribution in [1.29, 1.82) is 5.26 Å². The van der Waals surface area contributed by atoms with Gasteiger partial charge in [0.25, 0.3) is 0 Å². The van der Waals surface area contributed by atoms with E-state index in [1.165, 1.54) is 11.3 Å². The summed E-state index contributed by atoms with van der Waals surface area (Å²) in [4.78, 5) is 15.7. The second-order valence-corrected chi connectivity index (χ2v) is 8.41. The van der Waals surface area contributed by atoms with Crippen LogP contribution in [0.1, 0.15) is 32.1 Å². The van der Waals surface area contributed by atoms with Gasteiger partial charge in [-0.3, -0.25) is 4.79 Å². The fraction of sp³-hybridized carbons (Fsp3) is 0.619. The van der Waals surface area contributed by atoms with Crippen LogP contribution in [-0.2, 0) is 4.79 Å². The number of hydrogen-bond acceptors (Lipinski definition) is 5. The van der Waals surface area contributed by atoms with Crippen molar-refractivity contribution in [1.82, 2.24) is 10.2 Å². The fourth-order valence-corrected chi connectivity index (χ4v) is 4.55. The van der Waals surface area contributed by atoms with E-state index in [-0.39, 0.29) is 18.4 Å². The Morgan fingerprint density at radius 1 is 1.30 bits per heavy atom. The summed E-state index contributed by atoms with van der Waals surface area (Å²) in [6.07, 6.45) is 5.33. The zero-order valence-electron chi connectivity index (χ0n) is 16.4. The van der Waals surface area contributed by atoms with Crippen molar-refractivity contribution in [2.24, 2.45) is 11.8 Å². The zero-order valence-corrected chi connectivity index (χ0v) is 17.3. The van der Waals surface area contributed by atoms with Crippen LogP contribution in [0.4, 0.5) is 0 Å². The smallest absolute Gasteiger partial charge is 0.224 e. The highest BCUT2D eigenvalue weighted by Crippen LogP contribution is 2.35. The van der Waals surface area contributed by atoms with Gasteiger partial charge in [-0.1, -0.05) is 12.8 Å². The minimum absolute atomic E-state index is 0.0407. The predicted molar refractivity (Wildman–Crippen MR) is 110 cm³/mol. The van der Waals surface area contributed by atoms with Gasteiger partial charge in [0.2, 0.25) is 5.91 Å². The largest absolute Gasteiger partial charge is 0.494 e. The molecule has 1 N–H and O–H groups in total. The number of ether oxygens (including phenoxy) is 1. The average Bonchev–Trinajstić information content (AvgIpc) is 2.68. The molecule has 148 valence electrons. The van der Waals surface area contributed by atoms with E-state index < -0.39 is 0 Å². The van der Waals surface area contributed by atoms with E-state index in [9.17, 15) is 4.79 Å². The van der Waals surface area contributed by atoms with Gasteiger partial charge < -0.3 is 15.0 Å². The molecular formula is C21H31N3O2S. The second kappa shape index (κ2) is 11.9. The summed E-state index contributed by atoms with van der Waals surface area (Å²) >= 11 is 1.81. The molecule has 1 aromatic carbocycles. The Labute approximate surface area is 167 Å². The Bertz CT molecular complexity index is 613. The van der Waals surface area contributed by atoms with Crippen LogP contribution in [0.25, 0.3) is 0 Å². The summed E-state index contributed by atoms with van der Waals surface area (Å²) in [6.45, 7) is 1.86. The first-order valence-electron chi connectivity index (χ1n) is 9.75. The average molecular weight is 390 g/mol. The number of rotatable bonds is 10. The van der Waals surface area contributed by atoms with Gasteiger partial charge in [0.15, 0.2) is 0 Å². The normalized spacial score (nSPS) is 19.5. The van der Waals surface area contributed by atoms with Crippen molar-refractivity contribution < 1.29 is 9.53 Å². The second-order valence-electron chi connectivity index (χ2n) is 7.31. The third-order valence-corrected chi connectivity index (χ3v) is 6.09. The van der Waals surface area contributed by atoms with Crippen molar-refractivity contribution in [2.75, 3.05) is 39.5 Å². The van der Waals surface area contributed by atoms with Gasteiger partial charge in [-0.25, -0.2) is 0 Å². The number of benzene rings is 1. The summed E-state index contributed by atoms with van der Waals surface area (Å²) in [5.74, 6) is 2.31. The molecule has 27 heavy (non-hydrogen) atoms. The van der Waals surface area contributed by atoms with Gasteiger partial charge in [-0.15, -0.1) is 11.8 Å². The molecule has 2 atom stereocenters.